The van der Waals surface area contributed by atoms with E-state index in [9.17, 15) is 9.90 Å². The van der Waals surface area contributed by atoms with Crippen LogP contribution in [0.4, 0.5) is 0 Å². The van der Waals surface area contributed by atoms with Crippen LogP contribution in [0.2, 0.25) is 0 Å². The van der Waals surface area contributed by atoms with Crippen molar-refractivity contribution < 1.29 is 19.4 Å². The first-order valence-electron chi connectivity index (χ1n) is 7.21. The monoisotopic (exact) mass is 312 g/mol. The van der Waals surface area contributed by atoms with Crippen LogP contribution in [0.25, 0.3) is 6.08 Å². The number of hydrogen-bond acceptors (Lipinski definition) is 4. The van der Waals surface area contributed by atoms with Gasteiger partial charge in [-0.15, -0.1) is 0 Å². The van der Waals surface area contributed by atoms with Crippen molar-refractivity contribution in [3.63, 3.8) is 0 Å². The maximum Gasteiger partial charge on any atom is 0.200 e. The third-order valence-corrected chi connectivity index (χ3v) is 3.72. The molecule has 4 nitrogen and oxygen atoms in total. The SMILES string of the molecule is COc1cc(/C=C/C(=O)c2ccc(C)c(C)c2)cc(OC)c1O. The molecule has 0 aromatic heterocycles. The second-order valence-corrected chi connectivity index (χ2v) is 5.27. The van der Waals surface area contributed by atoms with E-state index in [2.05, 4.69) is 0 Å². The molecule has 2 aromatic carbocycles. The first-order chi connectivity index (χ1) is 11.0. The zero-order valence-corrected chi connectivity index (χ0v) is 13.7. The van der Waals surface area contributed by atoms with E-state index in [4.69, 9.17) is 9.47 Å². The Kier molecular flexibility index (Phi) is 5.06. The van der Waals surface area contributed by atoms with Gasteiger partial charge in [-0.2, -0.15) is 0 Å². The van der Waals surface area contributed by atoms with Crippen LogP contribution in [0, 0.1) is 13.8 Å². The Bertz CT molecular complexity index is 735. The molecule has 23 heavy (non-hydrogen) atoms. The van der Waals surface area contributed by atoms with E-state index in [1.807, 2.05) is 32.0 Å². The normalized spacial score (nSPS) is 10.8. The minimum absolute atomic E-state index is 0.0624. The number of ketones is 1. The summed E-state index contributed by atoms with van der Waals surface area (Å²) in [5, 5.41) is 9.88. The minimum atomic E-state index is -0.0842. The number of hydrogen-bond donors (Lipinski definition) is 1. The molecule has 0 aliphatic rings. The van der Waals surface area contributed by atoms with Gasteiger partial charge < -0.3 is 14.6 Å². The fourth-order valence-electron chi connectivity index (χ4n) is 2.17. The topological polar surface area (TPSA) is 55.8 Å². The molecule has 0 saturated carbocycles. The number of allylic oxidation sites excluding steroid dienone is 1. The maximum absolute atomic E-state index is 12.3. The molecular formula is C19H20O4. The van der Waals surface area contributed by atoms with Gasteiger partial charge in [-0.05, 0) is 54.8 Å². The van der Waals surface area contributed by atoms with Gasteiger partial charge in [0.05, 0.1) is 14.2 Å². The van der Waals surface area contributed by atoms with Crippen molar-refractivity contribution in [3.8, 4) is 17.2 Å². The van der Waals surface area contributed by atoms with Gasteiger partial charge in [0.2, 0.25) is 5.75 Å². The number of phenols is 1. The van der Waals surface area contributed by atoms with Gasteiger partial charge in [0, 0.05) is 5.56 Å². The summed E-state index contributed by atoms with van der Waals surface area (Å²) in [7, 11) is 2.92. The van der Waals surface area contributed by atoms with E-state index < -0.39 is 0 Å². The van der Waals surface area contributed by atoms with Crippen molar-refractivity contribution in [2.45, 2.75) is 13.8 Å². The highest BCUT2D eigenvalue weighted by atomic mass is 16.5. The van der Waals surface area contributed by atoms with Gasteiger partial charge in [0.15, 0.2) is 17.3 Å². The number of benzene rings is 2. The lowest BCUT2D eigenvalue weighted by atomic mass is 10.0. The largest absolute Gasteiger partial charge is 0.502 e. The van der Waals surface area contributed by atoms with Gasteiger partial charge in [0.25, 0.3) is 0 Å². The molecule has 0 aliphatic carbocycles. The number of phenolic OH excluding ortho intramolecular Hbond substituents is 1. The van der Waals surface area contributed by atoms with Gasteiger partial charge in [-0.25, -0.2) is 0 Å². The van der Waals surface area contributed by atoms with Crippen LogP contribution in [0.5, 0.6) is 17.2 Å². The van der Waals surface area contributed by atoms with Crippen LogP contribution in [-0.4, -0.2) is 25.1 Å². The Morgan fingerprint density at radius 2 is 1.61 bits per heavy atom. The summed E-state index contributed by atoms with van der Waals surface area (Å²) in [5.74, 6) is 0.442. The van der Waals surface area contributed by atoms with Crippen molar-refractivity contribution in [2.75, 3.05) is 14.2 Å². The number of methoxy groups -OCH3 is 2. The summed E-state index contributed by atoms with van der Waals surface area (Å²) in [4.78, 5) is 12.3. The molecule has 0 amide bonds. The van der Waals surface area contributed by atoms with Crippen LogP contribution in [0.1, 0.15) is 27.0 Å². The first kappa shape index (κ1) is 16.6. The van der Waals surface area contributed by atoms with E-state index in [-0.39, 0.29) is 11.5 Å². The standard InChI is InChI=1S/C19H20O4/c1-12-5-7-15(9-13(12)2)16(20)8-6-14-10-17(22-3)19(21)18(11-14)23-4/h5-11,21H,1-4H3/b8-6+. The highest BCUT2D eigenvalue weighted by Crippen LogP contribution is 2.37. The summed E-state index contributed by atoms with van der Waals surface area (Å²) in [6, 6.07) is 8.90. The minimum Gasteiger partial charge on any atom is -0.502 e. The van der Waals surface area contributed by atoms with E-state index in [1.165, 1.54) is 20.3 Å². The number of rotatable bonds is 5. The molecule has 0 fully saturated rings. The lowest BCUT2D eigenvalue weighted by molar-refractivity contribution is 0.104. The van der Waals surface area contributed by atoms with Gasteiger partial charge in [0.1, 0.15) is 0 Å². The predicted octanol–water partition coefficient (Wildman–Crippen LogP) is 3.92. The van der Waals surface area contributed by atoms with Crippen LogP contribution in [0.15, 0.2) is 36.4 Å². The first-order valence-corrected chi connectivity index (χ1v) is 7.21. The van der Waals surface area contributed by atoms with Crippen molar-refractivity contribution in [1.82, 2.24) is 0 Å². The summed E-state index contributed by atoms with van der Waals surface area (Å²) < 4.78 is 10.2. The van der Waals surface area contributed by atoms with Crippen LogP contribution in [0.3, 0.4) is 0 Å². The third-order valence-electron chi connectivity index (χ3n) is 3.72. The molecule has 120 valence electrons. The van der Waals surface area contributed by atoms with Crippen molar-refractivity contribution in [1.29, 1.82) is 0 Å². The Hall–Kier alpha value is -2.75. The molecule has 0 unspecified atom stereocenters. The second kappa shape index (κ2) is 7.01. The van der Waals surface area contributed by atoms with Crippen LogP contribution < -0.4 is 9.47 Å². The van der Waals surface area contributed by atoms with E-state index >= 15 is 0 Å². The molecular weight excluding hydrogens is 292 g/mol. The molecule has 0 aliphatic heterocycles. The highest BCUT2D eigenvalue weighted by Gasteiger charge is 2.10. The molecule has 2 aromatic rings. The molecule has 0 saturated heterocycles. The van der Waals surface area contributed by atoms with Crippen molar-refractivity contribution in [2.24, 2.45) is 0 Å². The lowest BCUT2D eigenvalue weighted by Crippen LogP contribution is -1.96. The zero-order valence-electron chi connectivity index (χ0n) is 13.7. The summed E-state index contributed by atoms with van der Waals surface area (Å²) in [5.41, 5.74) is 3.58. The lowest BCUT2D eigenvalue weighted by Gasteiger charge is -2.09. The average molecular weight is 312 g/mol. The zero-order chi connectivity index (χ0) is 17.0. The molecule has 4 heteroatoms. The van der Waals surface area contributed by atoms with E-state index in [0.717, 1.165) is 11.1 Å². The summed E-state index contributed by atoms with van der Waals surface area (Å²) in [6.45, 7) is 3.99. The molecule has 0 bridgehead atoms. The molecule has 1 N–H and O–H groups in total. The van der Waals surface area contributed by atoms with Crippen LogP contribution >= 0.6 is 0 Å². The molecule has 0 spiro atoms. The quantitative estimate of drug-likeness (QED) is 0.671. The number of carbonyl (C=O) groups excluding carboxylic acids is 1. The number of carbonyl (C=O) groups is 1. The van der Waals surface area contributed by atoms with Crippen molar-refractivity contribution in [3.05, 3.63) is 58.7 Å². The fourth-order valence-corrected chi connectivity index (χ4v) is 2.17. The Morgan fingerprint density at radius 1 is 1.00 bits per heavy atom. The fraction of sp³-hybridized carbons (Fsp3) is 0.211. The Balaban J connectivity index is 2.28. The maximum atomic E-state index is 12.3. The Labute approximate surface area is 136 Å². The average Bonchev–Trinajstić information content (AvgIpc) is 2.55. The number of aromatic hydroxyl groups is 1. The summed E-state index contributed by atoms with van der Waals surface area (Å²) in [6.07, 6.45) is 3.16. The van der Waals surface area contributed by atoms with Gasteiger partial charge in [-0.3, -0.25) is 4.79 Å². The number of aryl methyl sites for hydroxylation is 2. The Morgan fingerprint density at radius 3 is 2.13 bits per heavy atom. The molecule has 0 radical (unpaired) electrons. The number of ether oxygens (including phenoxy) is 2. The summed E-state index contributed by atoms with van der Waals surface area (Å²) >= 11 is 0. The van der Waals surface area contributed by atoms with E-state index in [1.54, 1.807) is 18.2 Å². The predicted molar refractivity (Wildman–Crippen MR) is 90.5 cm³/mol. The molecule has 0 atom stereocenters. The van der Waals surface area contributed by atoms with Gasteiger partial charge >= 0.3 is 0 Å². The second-order valence-electron chi connectivity index (χ2n) is 5.27. The smallest absolute Gasteiger partial charge is 0.200 e. The third kappa shape index (κ3) is 3.72. The van der Waals surface area contributed by atoms with Crippen molar-refractivity contribution >= 4 is 11.9 Å². The van der Waals surface area contributed by atoms with E-state index in [0.29, 0.717) is 22.6 Å². The molecule has 2 rings (SSSR count). The van der Waals surface area contributed by atoms with Gasteiger partial charge in [-0.1, -0.05) is 18.2 Å². The van der Waals surface area contributed by atoms with Crippen LogP contribution in [-0.2, 0) is 0 Å². The highest BCUT2D eigenvalue weighted by molar-refractivity contribution is 6.07. The molecule has 0 heterocycles.